The first-order valence-corrected chi connectivity index (χ1v) is 7.59. The summed E-state index contributed by atoms with van der Waals surface area (Å²) in [4.78, 5) is 9.36. The Morgan fingerprint density at radius 3 is 2.76 bits per heavy atom. The molecule has 3 rings (SSSR count). The Hall–Kier alpha value is -1.90. The van der Waals surface area contributed by atoms with E-state index in [-0.39, 0.29) is 6.04 Å². The second-order valence-corrected chi connectivity index (χ2v) is 5.56. The van der Waals surface area contributed by atoms with Crippen molar-refractivity contribution >= 4 is 5.65 Å². The number of aromatic nitrogens is 2. The first-order chi connectivity index (χ1) is 10.3. The van der Waals surface area contributed by atoms with Crippen LogP contribution < -0.4 is 0 Å². The summed E-state index contributed by atoms with van der Waals surface area (Å²) >= 11 is 0. The van der Waals surface area contributed by atoms with Gasteiger partial charge in [0.05, 0.1) is 17.8 Å². The van der Waals surface area contributed by atoms with Crippen molar-refractivity contribution in [2.45, 2.75) is 25.9 Å². The highest BCUT2D eigenvalue weighted by atomic mass is 15.3. The lowest BCUT2D eigenvalue weighted by atomic mass is 10.2. The van der Waals surface area contributed by atoms with E-state index in [0.717, 1.165) is 50.5 Å². The molecule has 1 unspecified atom stereocenters. The zero-order valence-corrected chi connectivity index (χ0v) is 12.4. The van der Waals surface area contributed by atoms with Crippen LogP contribution in [0.3, 0.4) is 0 Å². The van der Waals surface area contributed by atoms with Gasteiger partial charge in [-0.05, 0) is 18.6 Å². The summed E-state index contributed by atoms with van der Waals surface area (Å²) in [6.45, 7) is 6.92. The van der Waals surface area contributed by atoms with E-state index in [4.69, 9.17) is 5.26 Å². The van der Waals surface area contributed by atoms with Crippen LogP contribution >= 0.6 is 0 Å². The van der Waals surface area contributed by atoms with Gasteiger partial charge < -0.3 is 4.40 Å². The van der Waals surface area contributed by atoms with E-state index in [9.17, 15) is 0 Å². The van der Waals surface area contributed by atoms with Gasteiger partial charge in [-0.3, -0.25) is 9.80 Å². The van der Waals surface area contributed by atoms with E-state index in [0.29, 0.717) is 0 Å². The van der Waals surface area contributed by atoms with Crippen molar-refractivity contribution in [1.29, 1.82) is 5.26 Å². The zero-order chi connectivity index (χ0) is 14.7. The molecule has 5 heteroatoms. The number of hydrogen-bond acceptors (Lipinski definition) is 4. The number of rotatable bonds is 4. The Morgan fingerprint density at radius 2 is 2.10 bits per heavy atom. The Labute approximate surface area is 125 Å². The molecule has 1 atom stereocenters. The molecule has 0 saturated carbocycles. The van der Waals surface area contributed by atoms with Gasteiger partial charge in [-0.25, -0.2) is 4.98 Å². The summed E-state index contributed by atoms with van der Waals surface area (Å²) < 4.78 is 2.06. The van der Waals surface area contributed by atoms with Gasteiger partial charge >= 0.3 is 0 Å². The Kier molecular flexibility index (Phi) is 4.18. The maximum absolute atomic E-state index is 9.14. The minimum atomic E-state index is 0.0716. The lowest BCUT2D eigenvalue weighted by molar-refractivity contribution is 0.107. The Balaban J connectivity index is 1.59. The highest BCUT2D eigenvalue weighted by Gasteiger charge is 2.22. The lowest BCUT2D eigenvalue weighted by Crippen LogP contribution is -2.49. The minimum absolute atomic E-state index is 0.0716. The van der Waals surface area contributed by atoms with Crippen molar-refractivity contribution in [1.82, 2.24) is 19.2 Å². The highest BCUT2D eigenvalue weighted by Crippen LogP contribution is 2.12. The fourth-order valence-corrected chi connectivity index (χ4v) is 2.96. The van der Waals surface area contributed by atoms with E-state index in [2.05, 4.69) is 38.4 Å². The van der Waals surface area contributed by atoms with E-state index >= 15 is 0 Å². The van der Waals surface area contributed by atoms with Gasteiger partial charge in [0.15, 0.2) is 0 Å². The van der Waals surface area contributed by atoms with Gasteiger partial charge in [0.2, 0.25) is 0 Å². The third-order valence-electron chi connectivity index (χ3n) is 4.18. The monoisotopic (exact) mass is 283 g/mol. The number of nitriles is 1. The molecule has 0 aromatic carbocycles. The Bertz CT molecular complexity index is 600. The van der Waals surface area contributed by atoms with Gasteiger partial charge in [0.25, 0.3) is 0 Å². The number of fused-ring (bicyclic) bond motifs is 1. The second-order valence-electron chi connectivity index (χ2n) is 5.56. The fraction of sp³-hybridized carbons (Fsp3) is 0.500. The molecule has 0 aliphatic carbocycles. The first kappa shape index (κ1) is 14.1. The van der Waals surface area contributed by atoms with Crippen molar-refractivity contribution in [2.75, 3.05) is 26.2 Å². The number of pyridine rings is 1. The van der Waals surface area contributed by atoms with Crippen LogP contribution in [0.2, 0.25) is 0 Å². The molecule has 5 nitrogen and oxygen atoms in total. The molecule has 0 spiro atoms. The summed E-state index contributed by atoms with van der Waals surface area (Å²) in [6, 6.07) is 8.52. The van der Waals surface area contributed by atoms with Crippen LogP contribution in [0.1, 0.15) is 19.0 Å². The SMILES string of the molecule is CCC(C#N)N1CCN(Cc2cn3ccccc3n2)CC1. The molecule has 0 N–H and O–H groups in total. The molecule has 0 radical (unpaired) electrons. The van der Waals surface area contributed by atoms with Gasteiger partial charge in [0.1, 0.15) is 5.65 Å². The first-order valence-electron chi connectivity index (χ1n) is 7.59. The number of hydrogen-bond donors (Lipinski definition) is 0. The van der Waals surface area contributed by atoms with Crippen LogP contribution in [0.25, 0.3) is 5.65 Å². The van der Waals surface area contributed by atoms with Crippen LogP contribution in [0.15, 0.2) is 30.6 Å². The third kappa shape index (κ3) is 3.07. The summed E-state index contributed by atoms with van der Waals surface area (Å²) in [5, 5.41) is 9.14. The van der Waals surface area contributed by atoms with Crippen molar-refractivity contribution < 1.29 is 0 Å². The summed E-state index contributed by atoms with van der Waals surface area (Å²) in [7, 11) is 0. The molecule has 3 heterocycles. The molecule has 1 saturated heterocycles. The quantitative estimate of drug-likeness (QED) is 0.858. The molecule has 2 aromatic heterocycles. The predicted octanol–water partition coefficient (Wildman–Crippen LogP) is 1.75. The van der Waals surface area contributed by atoms with Crippen molar-refractivity contribution in [3.63, 3.8) is 0 Å². The fourth-order valence-electron chi connectivity index (χ4n) is 2.96. The summed E-state index contributed by atoms with van der Waals surface area (Å²) in [5.74, 6) is 0. The summed E-state index contributed by atoms with van der Waals surface area (Å²) in [6.07, 6.45) is 5.04. The molecule has 2 aromatic rings. The maximum Gasteiger partial charge on any atom is 0.137 e. The van der Waals surface area contributed by atoms with E-state index in [1.165, 1.54) is 0 Å². The lowest BCUT2D eigenvalue weighted by Gasteiger charge is -2.36. The topological polar surface area (TPSA) is 47.6 Å². The normalized spacial score (nSPS) is 18.7. The molecule has 0 amide bonds. The van der Waals surface area contributed by atoms with Gasteiger partial charge in [-0.15, -0.1) is 0 Å². The molecule has 21 heavy (non-hydrogen) atoms. The number of piperazine rings is 1. The van der Waals surface area contributed by atoms with Crippen molar-refractivity contribution in [3.05, 3.63) is 36.3 Å². The van der Waals surface area contributed by atoms with Crippen LogP contribution in [0, 0.1) is 11.3 Å². The van der Waals surface area contributed by atoms with Gasteiger partial charge in [-0.1, -0.05) is 13.0 Å². The van der Waals surface area contributed by atoms with Crippen molar-refractivity contribution in [2.24, 2.45) is 0 Å². The van der Waals surface area contributed by atoms with Crippen molar-refractivity contribution in [3.8, 4) is 6.07 Å². The average Bonchev–Trinajstić information content (AvgIpc) is 2.92. The molecular weight excluding hydrogens is 262 g/mol. The molecule has 1 aliphatic heterocycles. The van der Waals surface area contributed by atoms with Gasteiger partial charge in [0, 0.05) is 45.1 Å². The molecule has 110 valence electrons. The standard InChI is InChI=1S/C16H21N5/c1-2-15(11-17)20-9-7-19(8-10-20)12-14-13-21-6-4-3-5-16(21)18-14/h3-6,13,15H,2,7-10,12H2,1H3. The second kappa shape index (κ2) is 6.25. The molecule has 0 bridgehead atoms. The molecular formula is C16H21N5. The zero-order valence-electron chi connectivity index (χ0n) is 12.4. The van der Waals surface area contributed by atoms with Crippen LogP contribution in [-0.4, -0.2) is 51.4 Å². The molecule has 1 aliphatic rings. The van der Waals surface area contributed by atoms with E-state index in [1.807, 2.05) is 24.4 Å². The highest BCUT2D eigenvalue weighted by molar-refractivity contribution is 5.39. The maximum atomic E-state index is 9.14. The van der Waals surface area contributed by atoms with Crippen LogP contribution in [0.5, 0.6) is 0 Å². The smallest absolute Gasteiger partial charge is 0.137 e. The summed E-state index contributed by atoms with van der Waals surface area (Å²) in [5.41, 5.74) is 2.11. The number of imidazole rings is 1. The third-order valence-corrected chi connectivity index (χ3v) is 4.18. The van der Waals surface area contributed by atoms with Crippen LogP contribution in [-0.2, 0) is 6.54 Å². The molecule has 1 fully saturated rings. The minimum Gasteiger partial charge on any atom is -0.307 e. The van der Waals surface area contributed by atoms with Crippen LogP contribution in [0.4, 0.5) is 0 Å². The Morgan fingerprint density at radius 1 is 1.29 bits per heavy atom. The van der Waals surface area contributed by atoms with E-state index in [1.54, 1.807) is 0 Å². The van der Waals surface area contributed by atoms with Gasteiger partial charge in [-0.2, -0.15) is 5.26 Å². The average molecular weight is 283 g/mol. The predicted molar refractivity (Wildman–Crippen MR) is 81.7 cm³/mol. The van der Waals surface area contributed by atoms with E-state index < -0.39 is 0 Å². The largest absolute Gasteiger partial charge is 0.307 e. The number of nitrogens with zero attached hydrogens (tertiary/aromatic N) is 5.